The van der Waals surface area contributed by atoms with Crippen LogP contribution in [0.25, 0.3) is 0 Å². The van der Waals surface area contributed by atoms with Crippen LogP contribution in [-0.2, 0) is 22.6 Å². The molecule has 178 valence electrons. The van der Waals surface area contributed by atoms with Crippen molar-refractivity contribution in [1.82, 2.24) is 4.90 Å². The van der Waals surface area contributed by atoms with E-state index in [0.717, 1.165) is 12.0 Å². The number of hydrogen-bond donors (Lipinski definition) is 1. The molecule has 7 heteroatoms. The average Bonchev–Trinajstić information content (AvgIpc) is 2.86. The van der Waals surface area contributed by atoms with Gasteiger partial charge < -0.3 is 15.0 Å². The molecular formula is C28H27N3O4. The Morgan fingerprint density at radius 2 is 1.69 bits per heavy atom. The lowest BCUT2D eigenvalue weighted by atomic mass is 9.98. The number of nitrogens with zero attached hydrogens (tertiary/aromatic N) is 2. The van der Waals surface area contributed by atoms with Gasteiger partial charge in [0, 0.05) is 24.3 Å². The summed E-state index contributed by atoms with van der Waals surface area (Å²) in [5.41, 5.74) is 2.78. The summed E-state index contributed by atoms with van der Waals surface area (Å²) >= 11 is 0. The molecule has 7 nitrogen and oxygen atoms in total. The van der Waals surface area contributed by atoms with Crippen molar-refractivity contribution >= 4 is 29.1 Å². The van der Waals surface area contributed by atoms with E-state index in [4.69, 9.17) is 4.74 Å². The van der Waals surface area contributed by atoms with Crippen LogP contribution < -0.4 is 15.0 Å². The number of hydrogen-bond acceptors (Lipinski definition) is 4. The number of fused-ring (bicyclic) bond motifs is 2. The van der Waals surface area contributed by atoms with Crippen LogP contribution in [0, 0.1) is 0 Å². The van der Waals surface area contributed by atoms with Crippen LogP contribution in [0.4, 0.5) is 11.4 Å². The number of para-hydroxylation sites is 1. The van der Waals surface area contributed by atoms with Crippen LogP contribution in [0.15, 0.2) is 72.8 Å². The maximum Gasteiger partial charge on any atom is 0.271 e. The fourth-order valence-electron chi connectivity index (χ4n) is 4.57. The number of benzene rings is 3. The normalized spacial score (nSPS) is 16.1. The molecular weight excluding hydrogens is 442 g/mol. The van der Waals surface area contributed by atoms with E-state index in [1.807, 2.05) is 41.3 Å². The zero-order chi connectivity index (χ0) is 24.6. The summed E-state index contributed by atoms with van der Waals surface area (Å²) in [6, 6.07) is 22.3. The number of amides is 3. The summed E-state index contributed by atoms with van der Waals surface area (Å²) in [6.07, 6.45) is 0.800. The van der Waals surface area contributed by atoms with Gasteiger partial charge in [0.2, 0.25) is 5.91 Å². The highest BCUT2D eigenvalue weighted by molar-refractivity contribution is 6.08. The van der Waals surface area contributed by atoms with Gasteiger partial charge in [-0.1, -0.05) is 42.5 Å². The van der Waals surface area contributed by atoms with E-state index in [1.165, 1.54) is 10.5 Å². The van der Waals surface area contributed by atoms with E-state index in [1.54, 1.807) is 44.2 Å². The Labute approximate surface area is 204 Å². The van der Waals surface area contributed by atoms with Gasteiger partial charge in [0.05, 0.1) is 5.69 Å². The quantitative estimate of drug-likeness (QED) is 0.626. The van der Waals surface area contributed by atoms with E-state index >= 15 is 0 Å². The van der Waals surface area contributed by atoms with Gasteiger partial charge in [-0.25, -0.2) is 0 Å². The fourth-order valence-corrected chi connectivity index (χ4v) is 4.57. The number of carbonyl (C=O) groups excluding carboxylic acids is 3. The molecule has 5 rings (SSSR count). The Morgan fingerprint density at radius 1 is 0.971 bits per heavy atom. The largest absolute Gasteiger partial charge is 0.476 e. The zero-order valence-electron chi connectivity index (χ0n) is 19.8. The summed E-state index contributed by atoms with van der Waals surface area (Å²) in [7, 11) is 0. The van der Waals surface area contributed by atoms with Crippen LogP contribution in [0.2, 0.25) is 0 Å². The molecule has 0 radical (unpaired) electrons. The first kappa shape index (κ1) is 22.7. The number of ether oxygens (including phenoxy) is 1. The smallest absolute Gasteiger partial charge is 0.271 e. The summed E-state index contributed by atoms with van der Waals surface area (Å²) in [5.74, 6) is -0.335. The third-order valence-corrected chi connectivity index (χ3v) is 6.40. The molecule has 2 aliphatic heterocycles. The second kappa shape index (κ2) is 8.91. The molecule has 0 saturated carbocycles. The first-order valence-corrected chi connectivity index (χ1v) is 11.7. The zero-order valence-corrected chi connectivity index (χ0v) is 19.8. The molecule has 0 spiro atoms. The molecule has 3 aromatic carbocycles. The lowest BCUT2D eigenvalue weighted by Crippen LogP contribution is -2.54. The molecule has 0 unspecified atom stereocenters. The van der Waals surface area contributed by atoms with Crippen molar-refractivity contribution < 1.29 is 19.1 Å². The van der Waals surface area contributed by atoms with Crippen molar-refractivity contribution in [2.24, 2.45) is 0 Å². The second-order valence-corrected chi connectivity index (χ2v) is 9.35. The van der Waals surface area contributed by atoms with Crippen molar-refractivity contribution in [1.29, 1.82) is 0 Å². The maximum atomic E-state index is 13.4. The Balaban J connectivity index is 1.41. The highest BCUT2D eigenvalue weighted by atomic mass is 16.5. The van der Waals surface area contributed by atoms with Crippen molar-refractivity contribution in [3.05, 3.63) is 89.5 Å². The molecule has 1 N–H and O–H groups in total. The molecule has 0 bridgehead atoms. The van der Waals surface area contributed by atoms with Crippen molar-refractivity contribution in [2.45, 2.75) is 32.4 Å². The molecule has 0 fully saturated rings. The molecule has 0 aliphatic carbocycles. The number of rotatable bonds is 4. The standard InChI is InChI=1S/C28H27N3O4/c1-28(2)27(34)31(18-25(32)29-22-10-4-3-5-11-22)23-16-20(12-13-24(23)35-28)26(33)30-15-14-19-8-6-7-9-21(19)17-30/h3-13,16H,14-15,17-18H2,1-2H3,(H,29,32). The first-order chi connectivity index (χ1) is 16.8. The van der Waals surface area contributed by atoms with E-state index in [9.17, 15) is 14.4 Å². The fraction of sp³-hybridized carbons (Fsp3) is 0.250. The van der Waals surface area contributed by atoms with E-state index in [0.29, 0.717) is 35.8 Å². The van der Waals surface area contributed by atoms with Crippen LogP contribution in [-0.4, -0.2) is 41.3 Å². The van der Waals surface area contributed by atoms with Crippen molar-refractivity contribution in [3.63, 3.8) is 0 Å². The molecule has 0 atom stereocenters. The van der Waals surface area contributed by atoms with Gasteiger partial charge in [0.25, 0.3) is 11.8 Å². The first-order valence-electron chi connectivity index (χ1n) is 11.7. The lowest BCUT2D eigenvalue weighted by Gasteiger charge is -2.38. The van der Waals surface area contributed by atoms with Gasteiger partial charge >= 0.3 is 0 Å². The van der Waals surface area contributed by atoms with Gasteiger partial charge in [-0.3, -0.25) is 19.3 Å². The van der Waals surface area contributed by atoms with Crippen LogP contribution in [0.5, 0.6) is 5.75 Å². The van der Waals surface area contributed by atoms with Crippen molar-refractivity contribution in [2.75, 3.05) is 23.3 Å². The third-order valence-electron chi connectivity index (χ3n) is 6.40. The second-order valence-electron chi connectivity index (χ2n) is 9.35. The molecule has 2 heterocycles. The lowest BCUT2D eigenvalue weighted by molar-refractivity contribution is -0.133. The monoisotopic (exact) mass is 469 g/mol. The number of nitrogens with one attached hydrogen (secondary N) is 1. The number of anilines is 2. The topological polar surface area (TPSA) is 79.0 Å². The predicted molar refractivity (Wildman–Crippen MR) is 133 cm³/mol. The highest BCUT2D eigenvalue weighted by Gasteiger charge is 2.42. The summed E-state index contributed by atoms with van der Waals surface area (Å²) < 4.78 is 5.94. The molecule has 2 aliphatic rings. The Morgan fingerprint density at radius 3 is 2.46 bits per heavy atom. The average molecular weight is 470 g/mol. The number of carbonyl (C=O) groups is 3. The molecule has 35 heavy (non-hydrogen) atoms. The molecule has 0 aromatic heterocycles. The van der Waals surface area contributed by atoms with Gasteiger partial charge in [0.15, 0.2) is 5.60 Å². The molecule has 3 amide bonds. The van der Waals surface area contributed by atoms with Gasteiger partial charge in [-0.15, -0.1) is 0 Å². The minimum Gasteiger partial charge on any atom is -0.476 e. The summed E-state index contributed by atoms with van der Waals surface area (Å²) in [4.78, 5) is 42.6. The van der Waals surface area contributed by atoms with E-state index < -0.39 is 5.60 Å². The predicted octanol–water partition coefficient (Wildman–Crippen LogP) is 4.03. The van der Waals surface area contributed by atoms with Crippen molar-refractivity contribution in [3.8, 4) is 5.75 Å². The van der Waals surface area contributed by atoms with E-state index in [2.05, 4.69) is 11.4 Å². The van der Waals surface area contributed by atoms with Gasteiger partial charge in [-0.2, -0.15) is 0 Å². The molecule has 0 saturated heterocycles. The van der Waals surface area contributed by atoms with Gasteiger partial charge in [-0.05, 0) is 61.7 Å². The Bertz CT molecular complexity index is 1300. The SMILES string of the molecule is CC1(C)Oc2ccc(C(=O)N3CCc4ccccc4C3)cc2N(CC(=O)Nc2ccccc2)C1=O. The van der Waals surface area contributed by atoms with Crippen LogP contribution in [0.3, 0.4) is 0 Å². The van der Waals surface area contributed by atoms with Crippen LogP contribution in [0.1, 0.15) is 35.3 Å². The van der Waals surface area contributed by atoms with Gasteiger partial charge in [0.1, 0.15) is 12.3 Å². The maximum absolute atomic E-state index is 13.4. The Kier molecular flexibility index (Phi) is 5.76. The minimum absolute atomic E-state index is 0.117. The van der Waals surface area contributed by atoms with E-state index in [-0.39, 0.29) is 24.3 Å². The minimum atomic E-state index is -1.14. The third kappa shape index (κ3) is 4.49. The summed E-state index contributed by atoms with van der Waals surface area (Å²) in [5, 5.41) is 2.82. The summed E-state index contributed by atoms with van der Waals surface area (Å²) in [6.45, 7) is 4.31. The molecule has 3 aromatic rings. The van der Waals surface area contributed by atoms with Crippen LogP contribution >= 0.6 is 0 Å². The highest BCUT2D eigenvalue weighted by Crippen LogP contribution is 2.38. The Hall–Kier alpha value is -4.13.